The topological polar surface area (TPSA) is 57.7 Å². The van der Waals surface area contributed by atoms with E-state index < -0.39 is 0 Å². The number of amides is 1. The molecule has 1 aromatic carbocycles. The van der Waals surface area contributed by atoms with Crippen LogP contribution in [-0.2, 0) is 0 Å². The standard InChI is InChI=1S/C20H26N4O2/c1-3-23-11-13-24(14-12-23)20(25)19-10-7-17(15-21-19)22-16-5-8-18(9-6-16)26-4-2/h5-10,15,22H,3-4,11-14H2,1-2H3. The highest BCUT2D eigenvalue weighted by Gasteiger charge is 2.21. The van der Waals surface area contributed by atoms with Crippen molar-refractivity contribution in [3.05, 3.63) is 48.3 Å². The smallest absolute Gasteiger partial charge is 0.272 e. The highest BCUT2D eigenvalue weighted by atomic mass is 16.5. The molecule has 0 radical (unpaired) electrons. The normalized spacial score (nSPS) is 14.9. The van der Waals surface area contributed by atoms with E-state index in [0.29, 0.717) is 12.3 Å². The first-order chi connectivity index (χ1) is 12.7. The molecule has 0 bridgehead atoms. The van der Waals surface area contributed by atoms with Crippen molar-refractivity contribution >= 4 is 17.3 Å². The lowest BCUT2D eigenvalue weighted by Crippen LogP contribution is -2.48. The Morgan fingerprint density at radius 1 is 1.04 bits per heavy atom. The zero-order chi connectivity index (χ0) is 18.4. The number of piperazine rings is 1. The minimum Gasteiger partial charge on any atom is -0.494 e. The van der Waals surface area contributed by atoms with Crippen LogP contribution in [0.5, 0.6) is 5.75 Å². The van der Waals surface area contributed by atoms with Crippen LogP contribution in [-0.4, -0.2) is 60.0 Å². The van der Waals surface area contributed by atoms with Gasteiger partial charge >= 0.3 is 0 Å². The van der Waals surface area contributed by atoms with E-state index in [1.165, 1.54) is 0 Å². The minimum atomic E-state index is 0.00775. The Morgan fingerprint density at radius 3 is 2.31 bits per heavy atom. The highest BCUT2D eigenvalue weighted by Crippen LogP contribution is 2.20. The quantitative estimate of drug-likeness (QED) is 0.864. The average Bonchev–Trinajstić information content (AvgIpc) is 2.70. The van der Waals surface area contributed by atoms with Crippen molar-refractivity contribution in [1.29, 1.82) is 0 Å². The number of benzene rings is 1. The molecular formula is C20H26N4O2. The molecule has 0 spiro atoms. The maximum Gasteiger partial charge on any atom is 0.272 e. The number of rotatable bonds is 6. The molecule has 2 heterocycles. The molecule has 0 unspecified atom stereocenters. The molecule has 6 heteroatoms. The van der Waals surface area contributed by atoms with E-state index >= 15 is 0 Å². The van der Waals surface area contributed by atoms with E-state index in [1.807, 2.05) is 42.2 Å². The fourth-order valence-corrected chi connectivity index (χ4v) is 2.99. The molecule has 1 aliphatic rings. The Bertz CT molecular complexity index is 708. The number of hydrogen-bond donors (Lipinski definition) is 1. The summed E-state index contributed by atoms with van der Waals surface area (Å²) >= 11 is 0. The Morgan fingerprint density at radius 2 is 1.73 bits per heavy atom. The zero-order valence-electron chi connectivity index (χ0n) is 15.4. The summed E-state index contributed by atoms with van der Waals surface area (Å²) in [6.07, 6.45) is 1.70. The SMILES string of the molecule is CCOc1ccc(Nc2ccc(C(=O)N3CCN(CC)CC3)nc2)cc1. The van der Waals surface area contributed by atoms with Crippen molar-refractivity contribution < 1.29 is 9.53 Å². The van der Waals surface area contributed by atoms with Gasteiger partial charge in [0.15, 0.2) is 0 Å². The number of ether oxygens (including phenoxy) is 1. The Balaban J connectivity index is 1.58. The molecule has 1 aliphatic heterocycles. The summed E-state index contributed by atoms with van der Waals surface area (Å²) in [5.74, 6) is 0.855. The molecule has 26 heavy (non-hydrogen) atoms. The summed E-state index contributed by atoms with van der Waals surface area (Å²) in [7, 11) is 0. The van der Waals surface area contributed by atoms with Gasteiger partial charge in [0.2, 0.25) is 0 Å². The van der Waals surface area contributed by atoms with Gasteiger partial charge in [-0.1, -0.05) is 6.92 Å². The van der Waals surface area contributed by atoms with Gasteiger partial charge in [-0.15, -0.1) is 0 Å². The fourth-order valence-electron chi connectivity index (χ4n) is 2.99. The minimum absolute atomic E-state index is 0.00775. The monoisotopic (exact) mass is 354 g/mol. The van der Waals surface area contributed by atoms with E-state index in [0.717, 1.165) is 49.8 Å². The summed E-state index contributed by atoms with van der Waals surface area (Å²) in [5, 5.41) is 3.28. The van der Waals surface area contributed by atoms with Crippen molar-refractivity contribution in [2.75, 3.05) is 44.6 Å². The maximum atomic E-state index is 12.6. The van der Waals surface area contributed by atoms with E-state index in [2.05, 4.69) is 22.1 Å². The lowest BCUT2D eigenvalue weighted by Gasteiger charge is -2.33. The molecule has 2 aromatic rings. The highest BCUT2D eigenvalue weighted by molar-refractivity contribution is 5.92. The number of nitrogens with one attached hydrogen (secondary N) is 1. The number of anilines is 2. The molecule has 3 rings (SSSR count). The zero-order valence-corrected chi connectivity index (χ0v) is 15.4. The van der Waals surface area contributed by atoms with Gasteiger partial charge in [0.05, 0.1) is 18.5 Å². The van der Waals surface area contributed by atoms with E-state index in [1.54, 1.807) is 12.3 Å². The van der Waals surface area contributed by atoms with E-state index in [9.17, 15) is 4.79 Å². The molecular weight excluding hydrogens is 328 g/mol. The van der Waals surface area contributed by atoms with Crippen LogP contribution in [0.25, 0.3) is 0 Å². The van der Waals surface area contributed by atoms with Gasteiger partial charge in [-0.3, -0.25) is 4.79 Å². The second-order valence-electron chi connectivity index (χ2n) is 6.24. The first-order valence-electron chi connectivity index (χ1n) is 9.17. The molecule has 6 nitrogen and oxygen atoms in total. The Kier molecular flexibility index (Phi) is 6.07. The largest absolute Gasteiger partial charge is 0.494 e. The number of hydrogen-bond acceptors (Lipinski definition) is 5. The lowest BCUT2D eigenvalue weighted by molar-refractivity contribution is 0.0637. The second-order valence-corrected chi connectivity index (χ2v) is 6.24. The van der Waals surface area contributed by atoms with Crippen molar-refractivity contribution in [2.24, 2.45) is 0 Å². The third-order valence-corrected chi connectivity index (χ3v) is 4.54. The van der Waals surface area contributed by atoms with Crippen molar-refractivity contribution in [1.82, 2.24) is 14.8 Å². The number of carbonyl (C=O) groups is 1. The molecule has 1 aromatic heterocycles. The lowest BCUT2D eigenvalue weighted by atomic mass is 10.2. The Hall–Kier alpha value is -2.60. The van der Waals surface area contributed by atoms with Gasteiger partial charge in [0.1, 0.15) is 11.4 Å². The van der Waals surface area contributed by atoms with E-state index in [-0.39, 0.29) is 5.91 Å². The fraction of sp³-hybridized carbons (Fsp3) is 0.400. The third kappa shape index (κ3) is 4.52. The van der Waals surface area contributed by atoms with Crippen LogP contribution in [0.15, 0.2) is 42.6 Å². The number of aromatic nitrogens is 1. The van der Waals surface area contributed by atoms with Crippen LogP contribution in [0.3, 0.4) is 0 Å². The van der Waals surface area contributed by atoms with Gasteiger partial charge in [0.25, 0.3) is 5.91 Å². The van der Waals surface area contributed by atoms with Crippen molar-refractivity contribution in [3.8, 4) is 5.75 Å². The van der Waals surface area contributed by atoms with Gasteiger partial charge in [0, 0.05) is 31.9 Å². The molecule has 0 aliphatic carbocycles. The molecule has 138 valence electrons. The first kappa shape index (κ1) is 18.2. The van der Waals surface area contributed by atoms with Crippen LogP contribution >= 0.6 is 0 Å². The van der Waals surface area contributed by atoms with Crippen molar-refractivity contribution in [2.45, 2.75) is 13.8 Å². The van der Waals surface area contributed by atoms with Gasteiger partial charge in [-0.25, -0.2) is 4.98 Å². The predicted molar refractivity (Wildman–Crippen MR) is 103 cm³/mol. The molecule has 1 fully saturated rings. The van der Waals surface area contributed by atoms with Crippen LogP contribution < -0.4 is 10.1 Å². The first-order valence-corrected chi connectivity index (χ1v) is 9.17. The predicted octanol–water partition coefficient (Wildman–Crippen LogP) is 3.00. The van der Waals surface area contributed by atoms with Gasteiger partial charge < -0.3 is 19.9 Å². The van der Waals surface area contributed by atoms with Crippen LogP contribution in [0.1, 0.15) is 24.3 Å². The summed E-state index contributed by atoms with van der Waals surface area (Å²) < 4.78 is 5.44. The summed E-state index contributed by atoms with van der Waals surface area (Å²) in [4.78, 5) is 21.1. The molecule has 1 N–H and O–H groups in total. The van der Waals surface area contributed by atoms with Crippen molar-refractivity contribution in [3.63, 3.8) is 0 Å². The summed E-state index contributed by atoms with van der Waals surface area (Å²) in [5.41, 5.74) is 2.29. The molecule has 1 saturated heterocycles. The summed E-state index contributed by atoms with van der Waals surface area (Å²) in [6, 6.07) is 11.4. The second kappa shape index (κ2) is 8.67. The molecule has 0 atom stereocenters. The summed E-state index contributed by atoms with van der Waals surface area (Å²) in [6.45, 7) is 9.19. The maximum absolute atomic E-state index is 12.6. The van der Waals surface area contributed by atoms with Crippen LogP contribution in [0.2, 0.25) is 0 Å². The third-order valence-electron chi connectivity index (χ3n) is 4.54. The van der Waals surface area contributed by atoms with Crippen LogP contribution in [0, 0.1) is 0 Å². The Labute approximate surface area is 154 Å². The number of likely N-dealkylation sites (N-methyl/N-ethyl adjacent to an activating group) is 1. The molecule has 0 saturated carbocycles. The number of nitrogens with zero attached hydrogens (tertiary/aromatic N) is 3. The van der Waals surface area contributed by atoms with E-state index in [4.69, 9.17) is 4.74 Å². The van der Waals surface area contributed by atoms with Gasteiger partial charge in [-0.2, -0.15) is 0 Å². The van der Waals surface area contributed by atoms with Crippen LogP contribution in [0.4, 0.5) is 11.4 Å². The number of pyridine rings is 1. The van der Waals surface area contributed by atoms with Gasteiger partial charge in [-0.05, 0) is 49.9 Å². The molecule has 1 amide bonds. The average molecular weight is 354 g/mol. The number of carbonyl (C=O) groups excluding carboxylic acids is 1.